The lowest BCUT2D eigenvalue weighted by Crippen LogP contribution is -2.17. The Bertz CT molecular complexity index is 483. The fourth-order valence-electron chi connectivity index (χ4n) is 1.70. The molecule has 1 atom stereocenters. The highest BCUT2D eigenvalue weighted by molar-refractivity contribution is 9.10. The van der Waals surface area contributed by atoms with E-state index in [0.29, 0.717) is 0 Å². The van der Waals surface area contributed by atoms with Crippen molar-refractivity contribution in [1.82, 2.24) is 5.32 Å². The molecule has 1 aromatic carbocycles. The van der Waals surface area contributed by atoms with Crippen molar-refractivity contribution in [1.29, 1.82) is 0 Å². The van der Waals surface area contributed by atoms with Gasteiger partial charge in [0.05, 0.1) is 12.3 Å². The van der Waals surface area contributed by atoms with Gasteiger partial charge in [0.1, 0.15) is 0 Å². The molecular weight excluding hydrogens is 289 g/mol. The number of nitrogens with one attached hydrogen (secondary N) is 1. The van der Waals surface area contributed by atoms with Crippen LogP contribution in [0.15, 0.2) is 45.7 Å². The van der Waals surface area contributed by atoms with Gasteiger partial charge in [-0.1, -0.05) is 23.7 Å². The molecule has 0 radical (unpaired) electrons. The van der Waals surface area contributed by atoms with Gasteiger partial charge < -0.3 is 9.73 Å². The van der Waals surface area contributed by atoms with Crippen molar-refractivity contribution in [2.75, 3.05) is 7.05 Å². The van der Waals surface area contributed by atoms with Crippen LogP contribution in [0.2, 0.25) is 5.02 Å². The van der Waals surface area contributed by atoms with Gasteiger partial charge in [-0.15, -0.1) is 0 Å². The van der Waals surface area contributed by atoms with Gasteiger partial charge in [-0.3, -0.25) is 0 Å². The Morgan fingerprint density at radius 1 is 1.38 bits per heavy atom. The Morgan fingerprint density at radius 3 is 2.75 bits per heavy atom. The molecule has 2 aromatic rings. The number of rotatable bonds is 3. The molecule has 1 N–H and O–H groups in total. The summed E-state index contributed by atoms with van der Waals surface area (Å²) in [7, 11) is 1.91. The maximum absolute atomic E-state index is 5.98. The van der Waals surface area contributed by atoms with Crippen LogP contribution in [0.1, 0.15) is 17.2 Å². The Morgan fingerprint density at radius 2 is 2.19 bits per heavy atom. The van der Waals surface area contributed by atoms with Crippen molar-refractivity contribution in [3.63, 3.8) is 0 Å². The van der Waals surface area contributed by atoms with E-state index in [0.717, 1.165) is 20.8 Å². The highest BCUT2D eigenvalue weighted by Gasteiger charge is 2.16. The summed E-state index contributed by atoms with van der Waals surface area (Å²) >= 11 is 9.37. The molecule has 1 aromatic heterocycles. The van der Waals surface area contributed by atoms with Crippen LogP contribution >= 0.6 is 27.5 Å². The molecule has 2 rings (SSSR count). The summed E-state index contributed by atoms with van der Waals surface area (Å²) < 4.78 is 5.99. The summed E-state index contributed by atoms with van der Waals surface area (Å²) in [6.45, 7) is 0. The van der Waals surface area contributed by atoms with Crippen LogP contribution < -0.4 is 5.32 Å². The maximum atomic E-state index is 5.98. The third kappa shape index (κ3) is 2.32. The quantitative estimate of drug-likeness (QED) is 0.926. The lowest BCUT2D eigenvalue weighted by atomic mass is 10.0. The van der Waals surface area contributed by atoms with Crippen molar-refractivity contribution < 1.29 is 4.42 Å². The minimum absolute atomic E-state index is 0.0758. The van der Waals surface area contributed by atoms with Gasteiger partial charge in [-0.05, 0) is 46.7 Å². The zero-order valence-corrected chi connectivity index (χ0v) is 11.0. The molecule has 0 fully saturated rings. The first-order chi connectivity index (χ1) is 7.72. The molecule has 1 unspecified atom stereocenters. The van der Waals surface area contributed by atoms with Crippen LogP contribution in [-0.2, 0) is 0 Å². The van der Waals surface area contributed by atoms with Crippen LogP contribution in [-0.4, -0.2) is 7.05 Å². The molecular formula is C12H11BrClNO. The predicted molar refractivity (Wildman–Crippen MR) is 68.8 cm³/mol. The second-order valence-electron chi connectivity index (χ2n) is 3.43. The van der Waals surface area contributed by atoms with Crippen LogP contribution in [0.5, 0.6) is 0 Å². The zero-order chi connectivity index (χ0) is 11.5. The standard InChI is InChI=1S/C12H11BrClNO/c1-15-11(10-5-6-16-12(10)13)8-3-2-4-9(14)7-8/h2-7,11,15H,1H3. The van der Waals surface area contributed by atoms with Crippen molar-refractivity contribution in [3.8, 4) is 0 Å². The normalized spacial score (nSPS) is 12.7. The van der Waals surface area contributed by atoms with E-state index in [9.17, 15) is 0 Å². The number of benzene rings is 1. The molecule has 0 amide bonds. The first-order valence-corrected chi connectivity index (χ1v) is 6.05. The topological polar surface area (TPSA) is 25.2 Å². The summed E-state index contributed by atoms with van der Waals surface area (Å²) in [6.07, 6.45) is 1.66. The van der Waals surface area contributed by atoms with Gasteiger partial charge in [0.15, 0.2) is 4.67 Å². The van der Waals surface area contributed by atoms with Gasteiger partial charge in [0.25, 0.3) is 0 Å². The molecule has 4 heteroatoms. The molecule has 0 spiro atoms. The molecule has 0 aliphatic rings. The molecule has 0 aliphatic heterocycles. The van der Waals surface area contributed by atoms with Crippen LogP contribution in [0, 0.1) is 0 Å². The number of halogens is 2. The van der Waals surface area contributed by atoms with Gasteiger partial charge in [-0.25, -0.2) is 0 Å². The summed E-state index contributed by atoms with van der Waals surface area (Å²) in [5, 5.41) is 3.97. The minimum atomic E-state index is 0.0758. The predicted octanol–water partition coefficient (Wildman–Crippen LogP) is 4.00. The number of furan rings is 1. The van der Waals surface area contributed by atoms with E-state index < -0.39 is 0 Å². The second-order valence-corrected chi connectivity index (χ2v) is 4.58. The van der Waals surface area contributed by atoms with Gasteiger partial charge >= 0.3 is 0 Å². The average Bonchev–Trinajstić information content (AvgIpc) is 2.67. The van der Waals surface area contributed by atoms with E-state index >= 15 is 0 Å². The van der Waals surface area contributed by atoms with Crippen LogP contribution in [0.25, 0.3) is 0 Å². The Hall–Kier alpha value is -0.770. The first kappa shape index (κ1) is 11.7. The SMILES string of the molecule is CNC(c1cccc(Cl)c1)c1ccoc1Br. The molecule has 0 saturated carbocycles. The van der Waals surface area contributed by atoms with Crippen molar-refractivity contribution in [3.05, 3.63) is 57.4 Å². The third-order valence-electron chi connectivity index (χ3n) is 2.43. The van der Waals surface area contributed by atoms with E-state index in [1.165, 1.54) is 0 Å². The van der Waals surface area contributed by atoms with Gasteiger partial charge in [0.2, 0.25) is 0 Å². The monoisotopic (exact) mass is 299 g/mol. The molecule has 0 saturated heterocycles. The van der Waals surface area contributed by atoms with E-state index in [4.69, 9.17) is 16.0 Å². The molecule has 0 aliphatic carbocycles. The lowest BCUT2D eigenvalue weighted by Gasteiger charge is -2.15. The highest BCUT2D eigenvalue weighted by Crippen LogP contribution is 2.30. The molecule has 84 valence electrons. The van der Waals surface area contributed by atoms with Crippen molar-refractivity contribution in [2.24, 2.45) is 0 Å². The minimum Gasteiger partial charge on any atom is -0.457 e. The first-order valence-electron chi connectivity index (χ1n) is 4.88. The summed E-state index contributed by atoms with van der Waals surface area (Å²) in [4.78, 5) is 0. The van der Waals surface area contributed by atoms with Crippen LogP contribution in [0.3, 0.4) is 0 Å². The Balaban J connectivity index is 2.40. The molecule has 2 nitrogen and oxygen atoms in total. The zero-order valence-electron chi connectivity index (χ0n) is 8.71. The third-order valence-corrected chi connectivity index (χ3v) is 3.31. The molecule has 0 bridgehead atoms. The smallest absolute Gasteiger partial charge is 0.174 e. The van der Waals surface area contributed by atoms with E-state index in [2.05, 4.69) is 21.2 Å². The van der Waals surface area contributed by atoms with E-state index in [1.54, 1.807) is 6.26 Å². The number of hydrogen-bond donors (Lipinski definition) is 1. The lowest BCUT2D eigenvalue weighted by molar-refractivity contribution is 0.530. The molecule has 16 heavy (non-hydrogen) atoms. The fraction of sp³-hybridized carbons (Fsp3) is 0.167. The number of hydrogen-bond acceptors (Lipinski definition) is 2. The van der Waals surface area contributed by atoms with Crippen molar-refractivity contribution >= 4 is 27.5 Å². The largest absolute Gasteiger partial charge is 0.457 e. The average molecular weight is 301 g/mol. The fourth-order valence-corrected chi connectivity index (χ4v) is 2.37. The summed E-state index contributed by atoms with van der Waals surface area (Å²) in [6, 6.07) is 9.80. The van der Waals surface area contributed by atoms with Crippen LogP contribution in [0.4, 0.5) is 0 Å². The van der Waals surface area contributed by atoms with Gasteiger partial charge in [0, 0.05) is 10.6 Å². The van der Waals surface area contributed by atoms with Crippen molar-refractivity contribution in [2.45, 2.75) is 6.04 Å². The second kappa shape index (κ2) is 5.04. The van der Waals surface area contributed by atoms with E-state index in [1.807, 2.05) is 37.4 Å². The Labute approximate surface area is 108 Å². The Kier molecular flexibility index (Phi) is 3.69. The molecule has 1 heterocycles. The summed E-state index contributed by atoms with van der Waals surface area (Å²) in [5.41, 5.74) is 2.17. The van der Waals surface area contributed by atoms with E-state index in [-0.39, 0.29) is 6.04 Å². The van der Waals surface area contributed by atoms with Gasteiger partial charge in [-0.2, -0.15) is 0 Å². The summed E-state index contributed by atoms with van der Waals surface area (Å²) in [5.74, 6) is 0. The highest BCUT2D eigenvalue weighted by atomic mass is 79.9. The maximum Gasteiger partial charge on any atom is 0.174 e.